The fourth-order valence-electron chi connectivity index (χ4n) is 1.51. The van der Waals surface area contributed by atoms with Crippen LogP contribution < -0.4 is 0 Å². The maximum atomic E-state index is 11.4. The Morgan fingerprint density at radius 3 is 1.38 bits per heavy atom. The largest absolute Gasteiger partial charge is 0.281 e. The molecule has 0 unspecified atom stereocenters. The Labute approximate surface area is 82.8 Å². The Bertz CT molecular complexity index is 259. The lowest BCUT2D eigenvalue weighted by Gasteiger charge is -2.09. The number of hydrogen-bond donors (Lipinski definition) is 0. The van der Waals surface area contributed by atoms with Crippen LogP contribution in [-0.4, -0.2) is 10.2 Å². The van der Waals surface area contributed by atoms with Crippen LogP contribution in [0.1, 0.15) is 27.7 Å². The van der Waals surface area contributed by atoms with Gasteiger partial charge in [-0.05, 0) is 23.6 Å². The Balaban J connectivity index is 3.18. The molecule has 1 heterocycles. The van der Waals surface area contributed by atoms with Gasteiger partial charge >= 0.3 is 0 Å². The van der Waals surface area contributed by atoms with Gasteiger partial charge in [0.2, 0.25) is 10.2 Å². The van der Waals surface area contributed by atoms with Crippen molar-refractivity contribution in [3.05, 3.63) is 11.1 Å². The normalized spacial score (nSPS) is 18.3. The lowest BCUT2D eigenvalue weighted by Crippen LogP contribution is -2.07. The number of carbonyl (C=O) groups is 2. The highest BCUT2D eigenvalue weighted by Crippen LogP contribution is 2.36. The van der Waals surface area contributed by atoms with Crippen molar-refractivity contribution in [2.24, 2.45) is 11.8 Å². The van der Waals surface area contributed by atoms with Gasteiger partial charge in [-0.15, -0.1) is 0 Å². The van der Waals surface area contributed by atoms with E-state index in [1.165, 1.54) is 0 Å². The molecular weight excluding hydrogens is 184 g/mol. The number of hydrogen-bond acceptors (Lipinski definition) is 3. The molecule has 2 nitrogen and oxygen atoms in total. The van der Waals surface area contributed by atoms with Crippen LogP contribution in [0.2, 0.25) is 0 Å². The summed E-state index contributed by atoms with van der Waals surface area (Å²) in [6.45, 7) is 7.81. The van der Waals surface area contributed by atoms with Gasteiger partial charge in [-0.3, -0.25) is 9.59 Å². The fourth-order valence-corrected chi connectivity index (χ4v) is 2.59. The zero-order valence-electron chi connectivity index (χ0n) is 8.38. The zero-order valence-corrected chi connectivity index (χ0v) is 9.20. The quantitative estimate of drug-likeness (QED) is 0.683. The third-order valence-electron chi connectivity index (χ3n) is 2.07. The molecule has 0 bridgehead atoms. The first kappa shape index (κ1) is 10.5. The molecule has 0 radical (unpaired) electrons. The highest BCUT2D eigenvalue weighted by Gasteiger charge is 2.34. The molecule has 0 fully saturated rings. The summed E-state index contributed by atoms with van der Waals surface area (Å²) in [7, 11) is 0. The minimum absolute atomic E-state index is 0.0521. The average molecular weight is 198 g/mol. The van der Waals surface area contributed by atoms with Crippen LogP contribution in [0.15, 0.2) is 11.1 Å². The molecular formula is C10H14O2S. The van der Waals surface area contributed by atoms with Crippen LogP contribution in [0.5, 0.6) is 0 Å². The van der Waals surface area contributed by atoms with E-state index in [0.717, 1.165) is 22.9 Å². The predicted molar refractivity (Wildman–Crippen MR) is 54.3 cm³/mol. The first-order valence-electron chi connectivity index (χ1n) is 4.45. The zero-order chi connectivity index (χ0) is 10.2. The molecule has 0 saturated heterocycles. The summed E-state index contributed by atoms with van der Waals surface area (Å²) in [5.41, 5.74) is 1.45. The van der Waals surface area contributed by atoms with Crippen molar-refractivity contribution in [1.29, 1.82) is 0 Å². The van der Waals surface area contributed by atoms with E-state index in [2.05, 4.69) is 0 Å². The van der Waals surface area contributed by atoms with E-state index in [9.17, 15) is 9.59 Å². The van der Waals surface area contributed by atoms with Gasteiger partial charge in [0.15, 0.2) is 0 Å². The van der Waals surface area contributed by atoms with Crippen LogP contribution in [0.3, 0.4) is 0 Å². The average Bonchev–Trinajstić information content (AvgIpc) is 2.24. The second-order valence-electron chi connectivity index (χ2n) is 3.81. The molecule has 0 spiro atoms. The summed E-state index contributed by atoms with van der Waals surface area (Å²) >= 11 is 0.841. The molecule has 1 aliphatic heterocycles. The van der Waals surface area contributed by atoms with Gasteiger partial charge in [-0.25, -0.2) is 0 Å². The summed E-state index contributed by atoms with van der Waals surface area (Å²) in [5, 5.41) is -0.104. The second kappa shape index (κ2) is 3.66. The van der Waals surface area contributed by atoms with E-state index in [1.54, 1.807) is 0 Å². The number of thioether (sulfide) groups is 1. The van der Waals surface area contributed by atoms with Crippen molar-refractivity contribution in [2.75, 3.05) is 0 Å². The maximum absolute atomic E-state index is 11.4. The first-order valence-corrected chi connectivity index (χ1v) is 5.27. The molecule has 0 aromatic heterocycles. The van der Waals surface area contributed by atoms with Gasteiger partial charge in [0.05, 0.1) is 0 Å². The third-order valence-corrected chi connectivity index (χ3v) is 2.88. The van der Waals surface area contributed by atoms with E-state index < -0.39 is 0 Å². The molecule has 0 amide bonds. The molecule has 0 aliphatic carbocycles. The van der Waals surface area contributed by atoms with Crippen molar-refractivity contribution in [3.8, 4) is 0 Å². The Morgan fingerprint density at radius 1 is 0.846 bits per heavy atom. The summed E-state index contributed by atoms with van der Waals surface area (Å²) in [5.74, 6) is 0.313. The fraction of sp³-hybridized carbons (Fsp3) is 0.600. The van der Waals surface area contributed by atoms with Crippen molar-refractivity contribution in [2.45, 2.75) is 27.7 Å². The van der Waals surface area contributed by atoms with Crippen LogP contribution in [0.25, 0.3) is 0 Å². The molecule has 0 aromatic rings. The Kier molecular flexibility index (Phi) is 2.96. The summed E-state index contributed by atoms with van der Waals surface area (Å²) < 4.78 is 0. The molecule has 0 aromatic carbocycles. The summed E-state index contributed by atoms with van der Waals surface area (Å²) in [6, 6.07) is 0. The van der Waals surface area contributed by atoms with Crippen LogP contribution in [0, 0.1) is 11.8 Å². The van der Waals surface area contributed by atoms with Crippen molar-refractivity contribution in [1.82, 2.24) is 0 Å². The van der Waals surface area contributed by atoms with E-state index in [1.807, 2.05) is 27.7 Å². The minimum atomic E-state index is -0.0521. The van der Waals surface area contributed by atoms with Gasteiger partial charge < -0.3 is 0 Å². The Morgan fingerprint density at radius 2 is 1.15 bits per heavy atom. The van der Waals surface area contributed by atoms with E-state index in [-0.39, 0.29) is 22.1 Å². The smallest absolute Gasteiger partial charge is 0.223 e. The molecule has 0 atom stereocenters. The molecule has 13 heavy (non-hydrogen) atoms. The molecule has 72 valence electrons. The highest BCUT2D eigenvalue weighted by atomic mass is 32.2. The molecule has 3 heteroatoms. The van der Waals surface area contributed by atoms with Crippen LogP contribution >= 0.6 is 11.8 Å². The lowest BCUT2D eigenvalue weighted by molar-refractivity contribution is -0.108. The summed E-state index contributed by atoms with van der Waals surface area (Å²) in [4.78, 5) is 22.9. The molecule has 1 rings (SSSR count). The Hall–Kier alpha value is -0.570. The monoisotopic (exact) mass is 198 g/mol. The van der Waals surface area contributed by atoms with Crippen molar-refractivity contribution < 1.29 is 9.59 Å². The van der Waals surface area contributed by atoms with Crippen molar-refractivity contribution >= 4 is 22.0 Å². The second-order valence-corrected chi connectivity index (χ2v) is 4.76. The molecule has 1 aliphatic rings. The van der Waals surface area contributed by atoms with E-state index >= 15 is 0 Å². The predicted octanol–water partition coefficient (Wildman–Crippen LogP) is 2.40. The molecule has 0 saturated carbocycles. The standard InChI is InChI=1S/C10H14O2S/c1-5(2)7-8(6(3)4)10(12)13-9(7)11/h5-6H,1-4H3. The highest BCUT2D eigenvalue weighted by molar-refractivity contribution is 8.27. The van der Waals surface area contributed by atoms with Crippen LogP contribution in [-0.2, 0) is 9.59 Å². The number of carbonyl (C=O) groups excluding carboxylic acids is 2. The minimum Gasteiger partial charge on any atom is -0.281 e. The van der Waals surface area contributed by atoms with Gasteiger partial charge in [-0.1, -0.05) is 27.7 Å². The van der Waals surface area contributed by atoms with E-state index in [4.69, 9.17) is 0 Å². The van der Waals surface area contributed by atoms with Gasteiger partial charge in [-0.2, -0.15) is 0 Å². The van der Waals surface area contributed by atoms with E-state index in [0.29, 0.717) is 0 Å². The van der Waals surface area contributed by atoms with Gasteiger partial charge in [0.1, 0.15) is 0 Å². The topological polar surface area (TPSA) is 34.1 Å². The van der Waals surface area contributed by atoms with Crippen molar-refractivity contribution in [3.63, 3.8) is 0 Å². The lowest BCUT2D eigenvalue weighted by atomic mass is 9.92. The molecule has 0 N–H and O–H groups in total. The van der Waals surface area contributed by atoms with Gasteiger partial charge in [0.25, 0.3) is 0 Å². The maximum Gasteiger partial charge on any atom is 0.223 e. The SMILES string of the molecule is CC(C)C1=C(C(C)C)C(=O)SC1=O. The third kappa shape index (κ3) is 1.85. The summed E-state index contributed by atoms with van der Waals surface area (Å²) in [6.07, 6.45) is 0. The first-order chi connectivity index (χ1) is 5.95. The van der Waals surface area contributed by atoms with Crippen LogP contribution in [0.4, 0.5) is 0 Å². The number of rotatable bonds is 2. The van der Waals surface area contributed by atoms with Gasteiger partial charge in [0, 0.05) is 11.1 Å².